The Balaban J connectivity index is 1.79. The summed E-state index contributed by atoms with van der Waals surface area (Å²) >= 11 is 8.67. The number of rotatable bonds is 4. The Labute approximate surface area is 137 Å². The first kappa shape index (κ1) is 15.1. The van der Waals surface area contributed by atoms with Crippen LogP contribution in [0.25, 0.3) is 0 Å². The van der Waals surface area contributed by atoms with Crippen LogP contribution >= 0.6 is 22.9 Å². The van der Waals surface area contributed by atoms with Gasteiger partial charge in [-0.05, 0) is 54.9 Å². The summed E-state index contributed by atoms with van der Waals surface area (Å²) in [5.74, 6) is 0. The van der Waals surface area contributed by atoms with Crippen LogP contribution in [0.15, 0.2) is 30.3 Å². The van der Waals surface area contributed by atoms with Gasteiger partial charge in [0.1, 0.15) is 0 Å². The van der Waals surface area contributed by atoms with Crippen LogP contribution in [-0.4, -0.2) is 0 Å². The third-order valence-electron chi connectivity index (χ3n) is 4.33. The molecule has 1 aliphatic carbocycles. The normalized spacial score (nSPS) is 16.3. The lowest BCUT2D eigenvalue weighted by molar-refractivity contribution is 0.712. The maximum Gasteiger partial charge on any atom is 0.0927 e. The highest BCUT2D eigenvalue weighted by Gasteiger charge is 2.18. The lowest BCUT2D eigenvalue weighted by Gasteiger charge is -2.09. The number of fused-ring (bicyclic) bond motifs is 1. The number of aryl methyl sites for hydroxylation is 3. The maximum atomic E-state index is 6.73. The molecule has 3 rings (SSSR count). The summed E-state index contributed by atoms with van der Waals surface area (Å²) in [5.41, 5.74) is 4.20. The highest BCUT2D eigenvalue weighted by molar-refractivity contribution is 7.12. The molecule has 0 spiro atoms. The Hall–Kier alpha value is -0.790. The molecule has 112 valence electrons. The van der Waals surface area contributed by atoms with Gasteiger partial charge in [-0.15, -0.1) is 22.9 Å². The summed E-state index contributed by atoms with van der Waals surface area (Å²) in [4.78, 5) is 2.91. The zero-order valence-electron chi connectivity index (χ0n) is 12.7. The van der Waals surface area contributed by atoms with Gasteiger partial charge < -0.3 is 0 Å². The summed E-state index contributed by atoms with van der Waals surface area (Å²) < 4.78 is 0. The fourth-order valence-electron chi connectivity index (χ4n) is 3.12. The van der Waals surface area contributed by atoms with Crippen LogP contribution in [0, 0.1) is 0 Å². The van der Waals surface area contributed by atoms with Crippen molar-refractivity contribution in [3.8, 4) is 0 Å². The average molecular weight is 319 g/mol. The van der Waals surface area contributed by atoms with Gasteiger partial charge in [-0.25, -0.2) is 0 Å². The highest BCUT2D eigenvalue weighted by Crippen LogP contribution is 2.38. The molecule has 1 atom stereocenters. The third kappa shape index (κ3) is 3.52. The van der Waals surface area contributed by atoms with E-state index in [1.807, 2.05) is 11.3 Å². The number of hydrogen-bond acceptors (Lipinski definition) is 1. The molecule has 1 aromatic heterocycles. The molecule has 0 N–H and O–H groups in total. The van der Waals surface area contributed by atoms with Gasteiger partial charge in [0.15, 0.2) is 0 Å². The van der Waals surface area contributed by atoms with Crippen LogP contribution in [0.4, 0.5) is 0 Å². The molecular formula is C19H23ClS. The summed E-state index contributed by atoms with van der Waals surface area (Å²) in [7, 11) is 0. The standard InChI is InChI=1S/C19H23ClS/c1-2-6-14-9-11-15(12-10-14)19(20)18-13-16-7-4-3-5-8-17(16)21-18/h9-13,19H,2-8H2,1H3. The third-order valence-corrected chi connectivity index (χ3v) is 6.24. The molecular weight excluding hydrogens is 296 g/mol. The van der Waals surface area contributed by atoms with E-state index in [1.165, 1.54) is 54.5 Å². The summed E-state index contributed by atoms with van der Waals surface area (Å²) in [5, 5.41) is 0.0117. The second-order valence-electron chi connectivity index (χ2n) is 6.01. The average Bonchev–Trinajstić information content (AvgIpc) is 2.79. The van der Waals surface area contributed by atoms with Gasteiger partial charge in [0, 0.05) is 9.75 Å². The largest absolute Gasteiger partial charge is 0.143 e. The van der Waals surface area contributed by atoms with E-state index in [0.717, 1.165) is 6.42 Å². The molecule has 2 aromatic rings. The highest BCUT2D eigenvalue weighted by atomic mass is 35.5. The van der Waals surface area contributed by atoms with Crippen molar-refractivity contribution in [3.05, 3.63) is 56.8 Å². The second kappa shape index (κ2) is 6.98. The van der Waals surface area contributed by atoms with Gasteiger partial charge in [0.25, 0.3) is 0 Å². The van der Waals surface area contributed by atoms with E-state index in [0.29, 0.717) is 0 Å². The summed E-state index contributed by atoms with van der Waals surface area (Å²) in [6, 6.07) is 11.2. The topological polar surface area (TPSA) is 0 Å². The number of benzene rings is 1. The van der Waals surface area contributed by atoms with Crippen molar-refractivity contribution >= 4 is 22.9 Å². The predicted molar refractivity (Wildman–Crippen MR) is 93.7 cm³/mol. The number of alkyl halides is 1. The molecule has 2 heteroatoms. The smallest absolute Gasteiger partial charge is 0.0927 e. The minimum atomic E-state index is 0.0117. The van der Waals surface area contributed by atoms with Gasteiger partial charge >= 0.3 is 0 Å². The fourth-order valence-corrected chi connectivity index (χ4v) is 4.73. The van der Waals surface area contributed by atoms with Crippen molar-refractivity contribution in [2.24, 2.45) is 0 Å². The number of hydrogen-bond donors (Lipinski definition) is 0. The molecule has 0 bridgehead atoms. The Morgan fingerprint density at radius 1 is 1.10 bits per heavy atom. The molecule has 0 radical (unpaired) electrons. The van der Waals surface area contributed by atoms with E-state index in [4.69, 9.17) is 11.6 Å². The van der Waals surface area contributed by atoms with Gasteiger partial charge in [-0.3, -0.25) is 0 Å². The van der Waals surface area contributed by atoms with E-state index in [9.17, 15) is 0 Å². The molecule has 1 heterocycles. The minimum absolute atomic E-state index is 0.0117. The van der Waals surface area contributed by atoms with Gasteiger partial charge in [0.2, 0.25) is 0 Å². The van der Waals surface area contributed by atoms with Gasteiger partial charge in [-0.1, -0.05) is 44.0 Å². The van der Waals surface area contributed by atoms with E-state index < -0.39 is 0 Å². The lowest BCUT2D eigenvalue weighted by Crippen LogP contribution is -1.91. The van der Waals surface area contributed by atoms with E-state index >= 15 is 0 Å². The van der Waals surface area contributed by atoms with Crippen molar-refractivity contribution < 1.29 is 0 Å². The minimum Gasteiger partial charge on any atom is -0.143 e. The molecule has 21 heavy (non-hydrogen) atoms. The quantitative estimate of drug-likeness (QED) is 0.458. The first-order valence-electron chi connectivity index (χ1n) is 8.12. The molecule has 0 amide bonds. The van der Waals surface area contributed by atoms with Crippen LogP contribution in [0.1, 0.15) is 64.4 Å². The van der Waals surface area contributed by atoms with Crippen molar-refractivity contribution in [1.29, 1.82) is 0 Å². The zero-order valence-corrected chi connectivity index (χ0v) is 14.3. The Bertz CT molecular complexity index is 559. The van der Waals surface area contributed by atoms with Crippen molar-refractivity contribution in [3.63, 3.8) is 0 Å². The van der Waals surface area contributed by atoms with E-state index in [1.54, 1.807) is 10.4 Å². The van der Waals surface area contributed by atoms with E-state index in [-0.39, 0.29) is 5.38 Å². The van der Waals surface area contributed by atoms with Crippen LogP contribution in [0.5, 0.6) is 0 Å². The number of halogens is 1. The molecule has 1 aliphatic rings. The fraction of sp³-hybridized carbons (Fsp3) is 0.474. The van der Waals surface area contributed by atoms with Crippen LogP contribution < -0.4 is 0 Å². The first-order chi connectivity index (χ1) is 10.3. The van der Waals surface area contributed by atoms with E-state index in [2.05, 4.69) is 37.3 Å². The SMILES string of the molecule is CCCc1ccc(C(Cl)c2cc3c(s2)CCCCC3)cc1. The van der Waals surface area contributed by atoms with Crippen LogP contribution in [-0.2, 0) is 19.3 Å². The molecule has 1 unspecified atom stereocenters. The van der Waals surface area contributed by atoms with Gasteiger partial charge in [-0.2, -0.15) is 0 Å². The molecule has 0 fully saturated rings. The van der Waals surface area contributed by atoms with Crippen molar-refractivity contribution in [2.75, 3.05) is 0 Å². The van der Waals surface area contributed by atoms with Crippen LogP contribution in [0.3, 0.4) is 0 Å². The summed E-state index contributed by atoms with van der Waals surface area (Å²) in [6.45, 7) is 2.22. The zero-order chi connectivity index (χ0) is 14.7. The Kier molecular flexibility index (Phi) is 5.03. The molecule has 0 saturated carbocycles. The van der Waals surface area contributed by atoms with Crippen molar-refractivity contribution in [1.82, 2.24) is 0 Å². The van der Waals surface area contributed by atoms with Gasteiger partial charge in [0.05, 0.1) is 5.38 Å². The monoisotopic (exact) mass is 318 g/mol. The predicted octanol–water partition coefficient (Wildman–Crippen LogP) is 6.30. The lowest BCUT2D eigenvalue weighted by atomic mass is 10.0. The number of thiophene rings is 1. The Morgan fingerprint density at radius 2 is 1.86 bits per heavy atom. The molecule has 1 aromatic carbocycles. The Morgan fingerprint density at radius 3 is 2.62 bits per heavy atom. The first-order valence-corrected chi connectivity index (χ1v) is 9.37. The maximum absolute atomic E-state index is 6.73. The molecule has 0 nitrogen and oxygen atoms in total. The van der Waals surface area contributed by atoms with Crippen molar-refractivity contribution in [2.45, 2.75) is 57.2 Å². The molecule has 0 saturated heterocycles. The molecule has 0 aliphatic heterocycles. The summed E-state index contributed by atoms with van der Waals surface area (Å²) in [6.07, 6.45) is 8.89. The van der Waals surface area contributed by atoms with Crippen LogP contribution in [0.2, 0.25) is 0 Å². The second-order valence-corrected chi connectivity index (χ2v) is 7.62.